The van der Waals surface area contributed by atoms with E-state index in [2.05, 4.69) is 22.5 Å². The largest absolute Gasteiger partial charge is 0.445 e. The Morgan fingerprint density at radius 2 is 1.83 bits per heavy atom. The molecule has 2 aromatic carbocycles. The molecule has 0 bridgehead atoms. The number of aromatic nitrogens is 1. The van der Waals surface area contributed by atoms with Crippen LogP contribution in [0.25, 0.3) is 10.9 Å². The summed E-state index contributed by atoms with van der Waals surface area (Å²) in [6, 6.07) is 16.6. The third kappa shape index (κ3) is 5.85. The van der Waals surface area contributed by atoms with Gasteiger partial charge in [-0.15, -0.1) is 0 Å². The highest BCUT2D eigenvalue weighted by Crippen LogP contribution is 2.19. The SMILES string of the molecule is CCCCNC(=O)C(Cc1c[nH]c2ccccc12)NC(=O)OCc1ccccc1. The van der Waals surface area contributed by atoms with Crippen molar-refractivity contribution < 1.29 is 14.3 Å². The van der Waals surface area contributed by atoms with Crippen LogP contribution in [0, 0.1) is 0 Å². The third-order valence-corrected chi connectivity index (χ3v) is 4.75. The molecule has 0 aliphatic heterocycles. The van der Waals surface area contributed by atoms with Crippen LogP contribution >= 0.6 is 0 Å². The van der Waals surface area contributed by atoms with Gasteiger partial charge in [-0.05, 0) is 23.6 Å². The summed E-state index contributed by atoms with van der Waals surface area (Å²) >= 11 is 0. The molecule has 0 saturated heterocycles. The van der Waals surface area contributed by atoms with Gasteiger partial charge in [-0.3, -0.25) is 4.79 Å². The molecule has 0 spiro atoms. The number of hydrogen-bond acceptors (Lipinski definition) is 3. The summed E-state index contributed by atoms with van der Waals surface area (Å²) in [5.41, 5.74) is 2.86. The maximum absolute atomic E-state index is 12.7. The van der Waals surface area contributed by atoms with Gasteiger partial charge in [0.2, 0.25) is 5.91 Å². The molecule has 3 N–H and O–H groups in total. The predicted molar refractivity (Wildman–Crippen MR) is 113 cm³/mol. The first-order valence-electron chi connectivity index (χ1n) is 9.97. The van der Waals surface area contributed by atoms with Crippen molar-refractivity contribution in [2.75, 3.05) is 6.54 Å². The van der Waals surface area contributed by atoms with E-state index in [4.69, 9.17) is 4.74 Å². The van der Waals surface area contributed by atoms with Crippen LogP contribution in [0.2, 0.25) is 0 Å². The number of benzene rings is 2. The molecule has 0 radical (unpaired) electrons. The van der Waals surface area contributed by atoms with Gasteiger partial charge in [0.1, 0.15) is 12.6 Å². The fourth-order valence-electron chi connectivity index (χ4n) is 3.15. The standard InChI is InChI=1S/C23H27N3O3/c1-2-3-13-24-22(27)21(14-18-15-25-20-12-8-7-11-19(18)20)26-23(28)29-16-17-9-5-4-6-10-17/h4-12,15,21,25H,2-3,13-14,16H2,1H3,(H,24,27)(H,26,28). The molecule has 29 heavy (non-hydrogen) atoms. The van der Waals surface area contributed by atoms with Gasteiger partial charge in [0.05, 0.1) is 0 Å². The van der Waals surface area contributed by atoms with Gasteiger partial charge >= 0.3 is 6.09 Å². The molecule has 0 fully saturated rings. The van der Waals surface area contributed by atoms with Crippen LogP contribution in [0.15, 0.2) is 60.8 Å². The Morgan fingerprint density at radius 1 is 1.07 bits per heavy atom. The normalized spacial score (nSPS) is 11.8. The summed E-state index contributed by atoms with van der Waals surface area (Å²) in [7, 11) is 0. The van der Waals surface area contributed by atoms with Crippen molar-refractivity contribution in [3.8, 4) is 0 Å². The van der Waals surface area contributed by atoms with Gasteiger partial charge < -0.3 is 20.4 Å². The predicted octanol–water partition coefficient (Wildman–Crippen LogP) is 3.92. The van der Waals surface area contributed by atoms with E-state index in [0.29, 0.717) is 13.0 Å². The Morgan fingerprint density at radius 3 is 2.62 bits per heavy atom. The number of rotatable bonds is 9. The molecular formula is C23H27N3O3. The van der Waals surface area contributed by atoms with Crippen molar-refractivity contribution in [1.29, 1.82) is 0 Å². The molecule has 152 valence electrons. The number of para-hydroxylation sites is 1. The Labute approximate surface area is 170 Å². The lowest BCUT2D eigenvalue weighted by molar-refractivity contribution is -0.123. The maximum Gasteiger partial charge on any atom is 0.408 e. The average Bonchev–Trinajstić information content (AvgIpc) is 3.15. The van der Waals surface area contributed by atoms with Gasteiger partial charge in [-0.2, -0.15) is 0 Å². The van der Waals surface area contributed by atoms with Crippen LogP contribution in [0.3, 0.4) is 0 Å². The average molecular weight is 393 g/mol. The minimum absolute atomic E-state index is 0.157. The molecule has 1 heterocycles. The van der Waals surface area contributed by atoms with E-state index < -0.39 is 12.1 Å². The fourth-order valence-corrected chi connectivity index (χ4v) is 3.15. The number of alkyl carbamates (subject to hydrolysis) is 1. The van der Waals surface area contributed by atoms with Crippen LogP contribution in [0.5, 0.6) is 0 Å². The number of fused-ring (bicyclic) bond motifs is 1. The summed E-state index contributed by atoms with van der Waals surface area (Å²) in [6.07, 6.45) is 3.53. The Hall–Kier alpha value is -3.28. The van der Waals surface area contributed by atoms with E-state index in [-0.39, 0.29) is 12.5 Å². The number of nitrogens with one attached hydrogen (secondary N) is 3. The number of aromatic amines is 1. The number of amides is 2. The quantitative estimate of drug-likeness (QED) is 0.482. The van der Waals surface area contributed by atoms with Crippen molar-refractivity contribution >= 4 is 22.9 Å². The van der Waals surface area contributed by atoms with Crippen LogP contribution in [-0.4, -0.2) is 29.6 Å². The number of H-pyrrole nitrogens is 1. The summed E-state index contributed by atoms with van der Waals surface area (Å²) in [4.78, 5) is 28.2. The van der Waals surface area contributed by atoms with E-state index in [9.17, 15) is 9.59 Å². The van der Waals surface area contributed by atoms with Crippen molar-refractivity contribution in [3.63, 3.8) is 0 Å². The number of hydrogen-bond donors (Lipinski definition) is 3. The summed E-state index contributed by atoms with van der Waals surface area (Å²) in [6.45, 7) is 2.80. The third-order valence-electron chi connectivity index (χ3n) is 4.75. The number of carbonyl (C=O) groups is 2. The molecule has 0 aliphatic carbocycles. The molecule has 1 unspecified atom stereocenters. The van der Waals surface area contributed by atoms with E-state index in [0.717, 1.165) is 34.9 Å². The lowest BCUT2D eigenvalue weighted by Gasteiger charge is -2.18. The second-order valence-electron chi connectivity index (χ2n) is 6.97. The first-order chi connectivity index (χ1) is 14.2. The Kier molecular flexibility index (Phi) is 7.28. The number of unbranched alkanes of at least 4 members (excludes halogenated alkanes) is 1. The highest BCUT2D eigenvalue weighted by atomic mass is 16.5. The zero-order valence-electron chi connectivity index (χ0n) is 16.6. The van der Waals surface area contributed by atoms with Crippen molar-refractivity contribution in [2.45, 2.75) is 38.8 Å². The first-order valence-corrected chi connectivity index (χ1v) is 9.97. The van der Waals surface area contributed by atoms with Gasteiger partial charge in [0.15, 0.2) is 0 Å². The first kappa shape index (κ1) is 20.5. The summed E-state index contributed by atoms with van der Waals surface area (Å²) in [5.74, 6) is -0.208. The van der Waals surface area contributed by atoms with Gasteiger partial charge in [-0.1, -0.05) is 61.9 Å². The summed E-state index contributed by atoms with van der Waals surface area (Å²) < 4.78 is 5.30. The molecular weight excluding hydrogens is 366 g/mol. The minimum atomic E-state index is -0.714. The van der Waals surface area contributed by atoms with Crippen molar-refractivity contribution in [2.24, 2.45) is 0 Å². The molecule has 2 amide bonds. The van der Waals surface area contributed by atoms with Gasteiger partial charge in [-0.25, -0.2) is 4.79 Å². The van der Waals surface area contributed by atoms with Crippen LogP contribution < -0.4 is 10.6 Å². The molecule has 1 atom stereocenters. The molecule has 6 heteroatoms. The molecule has 0 aliphatic rings. The Balaban J connectivity index is 1.66. The van der Waals surface area contributed by atoms with E-state index >= 15 is 0 Å². The smallest absolute Gasteiger partial charge is 0.408 e. The lowest BCUT2D eigenvalue weighted by Crippen LogP contribution is -2.48. The monoisotopic (exact) mass is 393 g/mol. The summed E-state index contributed by atoms with van der Waals surface area (Å²) in [5, 5.41) is 6.67. The van der Waals surface area contributed by atoms with Gasteiger partial charge in [0.25, 0.3) is 0 Å². The van der Waals surface area contributed by atoms with Crippen LogP contribution in [0.1, 0.15) is 30.9 Å². The second-order valence-corrected chi connectivity index (χ2v) is 6.97. The molecule has 1 aromatic heterocycles. The number of ether oxygens (including phenoxy) is 1. The molecule has 3 aromatic rings. The molecule has 6 nitrogen and oxygen atoms in total. The fraction of sp³-hybridized carbons (Fsp3) is 0.304. The zero-order valence-corrected chi connectivity index (χ0v) is 16.6. The van der Waals surface area contributed by atoms with Crippen LogP contribution in [-0.2, 0) is 22.6 Å². The number of carbonyl (C=O) groups excluding carboxylic acids is 2. The van der Waals surface area contributed by atoms with Crippen LogP contribution in [0.4, 0.5) is 4.79 Å². The minimum Gasteiger partial charge on any atom is -0.445 e. The van der Waals surface area contributed by atoms with Crippen molar-refractivity contribution in [1.82, 2.24) is 15.6 Å². The zero-order chi connectivity index (χ0) is 20.5. The van der Waals surface area contributed by atoms with Gasteiger partial charge in [0, 0.05) is 30.1 Å². The lowest BCUT2D eigenvalue weighted by atomic mass is 10.0. The molecule has 3 rings (SSSR count). The maximum atomic E-state index is 12.7. The topological polar surface area (TPSA) is 83.2 Å². The molecule has 0 saturated carbocycles. The highest BCUT2D eigenvalue weighted by molar-refractivity contribution is 5.88. The second kappa shape index (κ2) is 10.3. The van der Waals surface area contributed by atoms with Crippen molar-refractivity contribution in [3.05, 3.63) is 71.9 Å². The van der Waals surface area contributed by atoms with E-state index in [1.165, 1.54) is 0 Å². The highest BCUT2D eigenvalue weighted by Gasteiger charge is 2.23. The van der Waals surface area contributed by atoms with E-state index in [1.807, 2.05) is 60.8 Å². The van der Waals surface area contributed by atoms with E-state index in [1.54, 1.807) is 0 Å². The Bertz CT molecular complexity index is 937.